The van der Waals surface area contributed by atoms with Crippen LogP contribution < -0.4 is 5.32 Å². The van der Waals surface area contributed by atoms with E-state index in [0.717, 1.165) is 11.2 Å². The standard InChI is InChI=1S/C10H11ClN4/c1-7(2)5-12-10-13-9-4-3-8(11)6-15(9)14-10/h3-4,6H,1,5H2,2H3,(H,12,14). The van der Waals surface area contributed by atoms with E-state index < -0.39 is 0 Å². The zero-order valence-electron chi connectivity index (χ0n) is 8.37. The lowest BCUT2D eigenvalue weighted by atomic mass is 10.3. The largest absolute Gasteiger partial charge is 0.349 e. The number of anilines is 1. The van der Waals surface area contributed by atoms with E-state index in [-0.39, 0.29) is 0 Å². The summed E-state index contributed by atoms with van der Waals surface area (Å²) in [5, 5.41) is 7.92. The van der Waals surface area contributed by atoms with Crippen LogP contribution in [0.2, 0.25) is 5.02 Å². The van der Waals surface area contributed by atoms with Crippen molar-refractivity contribution in [3.63, 3.8) is 0 Å². The van der Waals surface area contributed by atoms with Gasteiger partial charge in [-0.3, -0.25) is 0 Å². The second-order valence-electron chi connectivity index (χ2n) is 3.40. The lowest BCUT2D eigenvalue weighted by Crippen LogP contribution is -2.03. The first-order valence-electron chi connectivity index (χ1n) is 4.55. The van der Waals surface area contributed by atoms with Gasteiger partial charge in [-0.25, -0.2) is 4.52 Å². The summed E-state index contributed by atoms with van der Waals surface area (Å²) >= 11 is 5.83. The Kier molecular flexibility index (Phi) is 2.60. The third-order valence-electron chi connectivity index (χ3n) is 1.84. The number of nitrogens with zero attached hydrogens (tertiary/aromatic N) is 3. The molecule has 0 amide bonds. The third-order valence-corrected chi connectivity index (χ3v) is 2.07. The molecule has 15 heavy (non-hydrogen) atoms. The van der Waals surface area contributed by atoms with E-state index in [1.54, 1.807) is 16.8 Å². The van der Waals surface area contributed by atoms with Crippen molar-refractivity contribution in [3.8, 4) is 0 Å². The van der Waals surface area contributed by atoms with Gasteiger partial charge < -0.3 is 5.32 Å². The Morgan fingerprint density at radius 1 is 1.60 bits per heavy atom. The van der Waals surface area contributed by atoms with Gasteiger partial charge in [0.15, 0.2) is 5.65 Å². The van der Waals surface area contributed by atoms with E-state index in [9.17, 15) is 0 Å². The SMILES string of the molecule is C=C(C)CNc1nc2ccc(Cl)cn2n1. The van der Waals surface area contributed by atoms with Crippen LogP contribution in [0.4, 0.5) is 5.95 Å². The summed E-state index contributed by atoms with van der Waals surface area (Å²) in [6, 6.07) is 3.61. The Morgan fingerprint density at radius 3 is 3.13 bits per heavy atom. The summed E-state index contributed by atoms with van der Waals surface area (Å²) < 4.78 is 1.64. The van der Waals surface area contributed by atoms with E-state index >= 15 is 0 Å². The van der Waals surface area contributed by atoms with Crippen LogP contribution in [-0.4, -0.2) is 21.1 Å². The number of nitrogens with one attached hydrogen (secondary N) is 1. The van der Waals surface area contributed by atoms with Gasteiger partial charge in [0.05, 0.1) is 5.02 Å². The van der Waals surface area contributed by atoms with Gasteiger partial charge in [-0.2, -0.15) is 4.98 Å². The van der Waals surface area contributed by atoms with E-state index in [1.807, 2.05) is 13.0 Å². The Morgan fingerprint density at radius 2 is 2.40 bits per heavy atom. The van der Waals surface area contributed by atoms with Gasteiger partial charge in [0.1, 0.15) is 0 Å². The fourth-order valence-corrected chi connectivity index (χ4v) is 1.32. The number of fused-ring (bicyclic) bond motifs is 1. The summed E-state index contributed by atoms with van der Waals surface area (Å²) in [7, 11) is 0. The third kappa shape index (κ3) is 2.27. The molecule has 0 atom stereocenters. The number of halogens is 1. The fourth-order valence-electron chi connectivity index (χ4n) is 1.16. The lowest BCUT2D eigenvalue weighted by molar-refractivity contribution is 0.957. The van der Waals surface area contributed by atoms with Crippen LogP contribution in [-0.2, 0) is 0 Å². The Labute approximate surface area is 92.6 Å². The van der Waals surface area contributed by atoms with E-state index in [1.165, 1.54) is 0 Å². The van der Waals surface area contributed by atoms with Crippen LogP contribution in [0, 0.1) is 0 Å². The van der Waals surface area contributed by atoms with Crippen molar-refractivity contribution in [1.82, 2.24) is 14.6 Å². The molecule has 0 radical (unpaired) electrons. The first kappa shape index (κ1) is 9.98. The van der Waals surface area contributed by atoms with Crippen LogP contribution in [0.3, 0.4) is 0 Å². The lowest BCUT2D eigenvalue weighted by Gasteiger charge is -1.98. The van der Waals surface area contributed by atoms with Gasteiger partial charge in [-0.15, -0.1) is 5.10 Å². The summed E-state index contributed by atoms with van der Waals surface area (Å²) in [6.07, 6.45) is 1.72. The minimum absolute atomic E-state index is 0.584. The van der Waals surface area contributed by atoms with Gasteiger partial charge in [0, 0.05) is 12.7 Å². The maximum Gasteiger partial charge on any atom is 0.243 e. The number of rotatable bonds is 3. The molecule has 2 aromatic heterocycles. The predicted molar refractivity (Wildman–Crippen MR) is 61.3 cm³/mol. The minimum Gasteiger partial charge on any atom is -0.349 e. The van der Waals surface area contributed by atoms with Gasteiger partial charge in [-0.1, -0.05) is 23.8 Å². The van der Waals surface area contributed by atoms with Gasteiger partial charge >= 0.3 is 0 Å². The highest BCUT2D eigenvalue weighted by atomic mass is 35.5. The molecule has 0 unspecified atom stereocenters. The summed E-state index contributed by atoms with van der Waals surface area (Å²) in [6.45, 7) is 6.41. The van der Waals surface area contributed by atoms with Crippen molar-refractivity contribution >= 4 is 23.2 Å². The van der Waals surface area contributed by atoms with E-state index in [4.69, 9.17) is 11.6 Å². The molecule has 1 N–H and O–H groups in total. The highest BCUT2D eigenvalue weighted by Crippen LogP contribution is 2.11. The molecule has 0 aliphatic carbocycles. The van der Waals surface area contributed by atoms with Crippen LogP contribution in [0.1, 0.15) is 6.92 Å². The van der Waals surface area contributed by atoms with Crippen LogP contribution in [0.25, 0.3) is 5.65 Å². The molecule has 0 aliphatic rings. The number of hydrogen-bond donors (Lipinski definition) is 1. The summed E-state index contributed by atoms with van der Waals surface area (Å²) in [5.74, 6) is 0.584. The van der Waals surface area contributed by atoms with Crippen molar-refractivity contribution in [2.24, 2.45) is 0 Å². The van der Waals surface area contributed by atoms with Crippen molar-refractivity contribution in [2.45, 2.75) is 6.92 Å². The minimum atomic E-state index is 0.584. The van der Waals surface area contributed by atoms with Crippen LogP contribution >= 0.6 is 11.6 Å². The molecule has 0 bridgehead atoms. The molecule has 0 spiro atoms. The highest BCUT2D eigenvalue weighted by molar-refractivity contribution is 6.30. The van der Waals surface area contributed by atoms with E-state index in [2.05, 4.69) is 22.0 Å². The molecule has 5 heteroatoms. The van der Waals surface area contributed by atoms with Gasteiger partial charge in [-0.05, 0) is 19.1 Å². The molecular weight excluding hydrogens is 212 g/mol. The topological polar surface area (TPSA) is 42.2 Å². The van der Waals surface area contributed by atoms with E-state index in [0.29, 0.717) is 17.5 Å². The quantitative estimate of drug-likeness (QED) is 0.811. The average molecular weight is 223 g/mol. The fraction of sp³-hybridized carbons (Fsp3) is 0.200. The molecule has 2 rings (SSSR count). The predicted octanol–water partition coefficient (Wildman–Crippen LogP) is 2.37. The second-order valence-corrected chi connectivity index (χ2v) is 3.83. The van der Waals surface area contributed by atoms with Crippen molar-refractivity contribution < 1.29 is 0 Å². The van der Waals surface area contributed by atoms with Crippen LogP contribution in [0.15, 0.2) is 30.5 Å². The summed E-state index contributed by atoms with van der Waals surface area (Å²) in [4.78, 5) is 4.27. The molecule has 4 nitrogen and oxygen atoms in total. The number of pyridine rings is 1. The monoisotopic (exact) mass is 222 g/mol. The smallest absolute Gasteiger partial charge is 0.243 e. The molecule has 78 valence electrons. The van der Waals surface area contributed by atoms with Crippen molar-refractivity contribution in [3.05, 3.63) is 35.5 Å². The van der Waals surface area contributed by atoms with Gasteiger partial charge in [0.25, 0.3) is 0 Å². The van der Waals surface area contributed by atoms with Crippen molar-refractivity contribution in [2.75, 3.05) is 11.9 Å². The number of aromatic nitrogens is 3. The molecule has 2 aromatic rings. The molecule has 0 aliphatic heterocycles. The highest BCUT2D eigenvalue weighted by Gasteiger charge is 2.02. The van der Waals surface area contributed by atoms with Gasteiger partial charge in [0.2, 0.25) is 5.95 Å². The van der Waals surface area contributed by atoms with Crippen molar-refractivity contribution in [1.29, 1.82) is 0 Å². The zero-order valence-corrected chi connectivity index (χ0v) is 9.12. The molecule has 0 saturated heterocycles. The maximum atomic E-state index is 5.83. The molecule has 2 heterocycles. The Balaban J connectivity index is 2.27. The Bertz CT molecular complexity index is 503. The second kappa shape index (κ2) is 3.90. The number of hydrogen-bond acceptors (Lipinski definition) is 3. The maximum absolute atomic E-state index is 5.83. The summed E-state index contributed by atoms with van der Waals surface area (Å²) in [5.41, 5.74) is 1.80. The van der Waals surface area contributed by atoms with Crippen LogP contribution in [0.5, 0.6) is 0 Å². The first-order valence-corrected chi connectivity index (χ1v) is 4.93. The normalized spacial score (nSPS) is 10.5. The Hall–Kier alpha value is -1.55. The molecule has 0 fully saturated rings. The molecule has 0 saturated carbocycles. The average Bonchev–Trinajstić information content (AvgIpc) is 2.56. The zero-order chi connectivity index (χ0) is 10.8. The molecule has 0 aromatic carbocycles. The molecular formula is C10H11ClN4. The first-order chi connectivity index (χ1) is 7.15.